The van der Waals surface area contributed by atoms with Gasteiger partial charge in [0, 0.05) is 13.7 Å². The second-order valence-electron chi connectivity index (χ2n) is 4.93. The van der Waals surface area contributed by atoms with Crippen LogP contribution in [0.25, 0.3) is 0 Å². The van der Waals surface area contributed by atoms with E-state index in [2.05, 4.69) is 10.6 Å². The highest BCUT2D eigenvalue weighted by Gasteiger charge is 2.37. The van der Waals surface area contributed by atoms with E-state index in [1.807, 2.05) is 6.92 Å². The van der Waals surface area contributed by atoms with Crippen LogP contribution in [0.4, 0.5) is 0 Å². The van der Waals surface area contributed by atoms with Crippen molar-refractivity contribution < 1.29 is 19.4 Å². The van der Waals surface area contributed by atoms with Gasteiger partial charge in [-0.05, 0) is 19.8 Å². The van der Waals surface area contributed by atoms with Gasteiger partial charge in [-0.1, -0.05) is 13.3 Å². The van der Waals surface area contributed by atoms with Crippen molar-refractivity contribution >= 4 is 11.9 Å². The van der Waals surface area contributed by atoms with Crippen LogP contribution in [0.5, 0.6) is 0 Å². The number of nitrogens with one attached hydrogen (secondary N) is 2. The number of amides is 1. The first-order chi connectivity index (χ1) is 8.42. The van der Waals surface area contributed by atoms with E-state index in [9.17, 15) is 14.7 Å². The number of carboxylic acid groups (broad SMARTS) is 1. The molecule has 0 bridgehead atoms. The number of carboxylic acids is 1. The maximum absolute atomic E-state index is 12.0. The Morgan fingerprint density at radius 3 is 2.67 bits per heavy atom. The number of carbonyl (C=O) groups is 2. The van der Waals surface area contributed by atoms with E-state index in [1.54, 1.807) is 14.0 Å². The molecule has 0 radical (unpaired) electrons. The summed E-state index contributed by atoms with van der Waals surface area (Å²) in [7, 11) is 1.60. The van der Waals surface area contributed by atoms with Gasteiger partial charge in [0.2, 0.25) is 5.91 Å². The van der Waals surface area contributed by atoms with Gasteiger partial charge in [-0.15, -0.1) is 0 Å². The molecule has 0 aliphatic carbocycles. The third-order valence-corrected chi connectivity index (χ3v) is 3.36. The van der Waals surface area contributed by atoms with Crippen molar-refractivity contribution in [2.45, 2.75) is 50.8 Å². The second kappa shape index (κ2) is 6.15. The van der Waals surface area contributed by atoms with Crippen LogP contribution in [0, 0.1) is 0 Å². The van der Waals surface area contributed by atoms with Crippen molar-refractivity contribution in [1.29, 1.82) is 0 Å². The van der Waals surface area contributed by atoms with Crippen molar-refractivity contribution in [2.24, 2.45) is 0 Å². The smallest absolute Gasteiger partial charge is 0.329 e. The minimum absolute atomic E-state index is 0.0167. The lowest BCUT2D eigenvalue weighted by Crippen LogP contribution is -2.56. The zero-order chi connectivity index (χ0) is 13.8. The standard InChI is InChI=1S/C12H22N2O4/c1-4-5-12(2,11(16)17)14-10(15)9-6-8(18-3)7-13-9/h8-9,13H,4-7H2,1-3H3,(H,14,15)(H,16,17). The van der Waals surface area contributed by atoms with Crippen LogP contribution in [0.2, 0.25) is 0 Å². The third kappa shape index (κ3) is 3.43. The first kappa shape index (κ1) is 14.9. The molecule has 1 fully saturated rings. The van der Waals surface area contributed by atoms with Gasteiger partial charge in [0.15, 0.2) is 0 Å². The maximum Gasteiger partial charge on any atom is 0.329 e. The van der Waals surface area contributed by atoms with Crippen molar-refractivity contribution in [3.63, 3.8) is 0 Å². The van der Waals surface area contributed by atoms with Crippen LogP contribution in [0.1, 0.15) is 33.1 Å². The quantitative estimate of drug-likeness (QED) is 0.630. The van der Waals surface area contributed by atoms with Crippen molar-refractivity contribution in [2.75, 3.05) is 13.7 Å². The van der Waals surface area contributed by atoms with Gasteiger partial charge in [-0.2, -0.15) is 0 Å². The largest absolute Gasteiger partial charge is 0.480 e. The molecule has 0 spiro atoms. The molecule has 1 heterocycles. The topological polar surface area (TPSA) is 87.7 Å². The summed E-state index contributed by atoms with van der Waals surface area (Å²) in [6.07, 6.45) is 1.70. The summed E-state index contributed by atoms with van der Waals surface area (Å²) < 4.78 is 5.16. The van der Waals surface area contributed by atoms with Crippen LogP contribution in [0.3, 0.4) is 0 Å². The number of hydrogen-bond donors (Lipinski definition) is 3. The zero-order valence-corrected chi connectivity index (χ0v) is 11.2. The molecule has 0 aromatic rings. The lowest BCUT2D eigenvalue weighted by Gasteiger charge is -2.27. The molecule has 104 valence electrons. The Morgan fingerprint density at radius 2 is 2.22 bits per heavy atom. The van der Waals surface area contributed by atoms with Gasteiger partial charge in [0.25, 0.3) is 0 Å². The average Bonchev–Trinajstić information content (AvgIpc) is 2.77. The predicted octanol–water partition coefficient (Wildman–Crippen LogP) is 0.123. The van der Waals surface area contributed by atoms with Crippen LogP contribution < -0.4 is 10.6 Å². The highest BCUT2D eigenvalue weighted by Crippen LogP contribution is 2.15. The molecule has 1 saturated heterocycles. The molecule has 1 aliphatic heterocycles. The molecular formula is C12H22N2O4. The zero-order valence-electron chi connectivity index (χ0n) is 11.2. The van der Waals surface area contributed by atoms with Gasteiger partial charge in [0.1, 0.15) is 5.54 Å². The number of ether oxygens (including phenoxy) is 1. The predicted molar refractivity (Wildman–Crippen MR) is 66.3 cm³/mol. The summed E-state index contributed by atoms with van der Waals surface area (Å²) in [5, 5.41) is 14.8. The van der Waals surface area contributed by atoms with E-state index < -0.39 is 11.5 Å². The summed E-state index contributed by atoms with van der Waals surface area (Å²) in [6, 6.07) is -0.370. The minimum atomic E-state index is -1.20. The molecule has 0 aromatic heterocycles. The second-order valence-corrected chi connectivity index (χ2v) is 4.93. The van der Waals surface area contributed by atoms with Crippen molar-refractivity contribution in [1.82, 2.24) is 10.6 Å². The van der Waals surface area contributed by atoms with E-state index >= 15 is 0 Å². The number of carbonyl (C=O) groups excluding carboxylic acids is 1. The Labute approximate surface area is 107 Å². The average molecular weight is 258 g/mol. The van der Waals surface area contributed by atoms with Gasteiger partial charge < -0.3 is 20.5 Å². The van der Waals surface area contributed by atoms with Gasteiger partial charge in [-0.25, -0.2) is 4.79 Å². The van der Waals surface area contributed by atoms with E-state index in [1.165, 1.54) is 0 Å². The number of methoxy groups -OCH3 is 1. The Hall–Kier alpha value is -1.14. The highest BCUT2D eigenvalue weighted by atomic mass is 16.5. The van der Waals surface area contributed by atoms with Crippen LogP contribution >= 0.6 is 0 Å². The fourth-order valence-corrected chi connectivity index (χ4v) is 2.16. The summed E-state index contributed by atoms with van der Waals surface area (Å²) in [5.41, 5.74) is -1.20. The van der Waals surface area contributed by atoms with E-state index in [-0.39, 0.29) is 18.1 Å². The highest BCUT2D eigenvalue weighted by molar-refractivity contribution is 5.89. The SMILES string of the molecule is CCCC(C)(NC(=O)C1CC(OC)CN1)C(=O)O. The molecular weight excluding hydrogens is 236 g/mol. The van der Waals surface area contributed by atoms with E-state index in [0.29, 0.717) is 25.8 Å². The molecule has 1 rings (SSSR count). The molecule has 1 aliphatic rings. The van der Waals surface area contributed by atoms with Crippen molar-refractivity contribution in [3.8, 4) is 0 Å². The number of rotatable bonds is 6. The first-order valence-electron chi connectivity index (χ1n) is 6.24. The summed E-state index contributed by atoms with van der Waals surface area (Å²) in [6.45, 7) is 4.05. The Morgan fingerprint density at radius 1 is 1.56 bits per heavy atom. The molecule has 3 unspecified atom stereocenters. The summed E-state index contributed by atoms with van der Waals surface area (Å²) >= 11 is 0. The van der Waals surface area contributed by atoms with Gasteiger partial charge in [0.05, 0.1) is 12.1 Å². The fourth-order valence-electron chi connectivity index (χ4n) is 2.16. The normalized spacial score (nSPS) is 26.6. The first-order valence-corrected chi connectivity index (χ1v) is 6.24. The van der Waals surface area contributed by atoms with Gasteiger partial charge in [-0.3, -0.25) is 4.79 Å². The Bertz CT molecular complexity index is 321. The molecule has 6 heteroatoms. The molecule has 0 aromatic carbocycles. The Balaban J connectivity index is 2.60. The molecule has 6 nitrogen and oxygen atoms in total. The summed E-state index contributed by atoms with van der Waals surface area (Å²) in [4.78, 5) is 23.2. The van der Waals surface area contributed by atoms with Gasteiger partial charge >= 0.3 is 5.97 Å². The molecule has 0 saturated carbocycles. The van der Waals surface area contributed by atoms with Crippen molar-refractivity contribution in [3.05, 3.63) is 0 Å². The molecule has 18 heavy (non-hydrogen) atoms. The maximum atomic E-state index is 12.0. The lowest BCUT2D eigenvalue weighted by atomic mass is 9.95. The van der Waals surface area contributed by atoms with Crippen LogP contribution in [-0.4, -0.2) is 48.3 Å². The van der Waals surface area contributed by atoms with E-state index in [4.69, 9.17) is 4.74 Å². The summed E-state index contributed by atoms with van der Waals surface area (Å²) in [5.74, 6) is -1.27. The number of hydrogen-bond acceptors (Lipinski definition) is 4. The molecule has 3 N–H and O–H groups in total. The van der Waals surface area contributed by atoms with Crippen LogP contribution in [-0.2, 0) is 14.3 Å². The lowest BCUT2D eigenvalue weighted by molar-refractivity contribution is -0.147. The molecule has 1 amide bonds. The Kier molecular flexibility index (Phi) is 5.10. The molecule has 3 atom stereocenters. The monoisotopic (exact) mass is 258 g/mol. The number of aliphatic carboxylic acids is 1. The fraction of sp³-hybridized carbons (Fsp3) is 0.833. The van der Waals surface area contributed by atoms with E-state index in [0.717, 1.165) is 0 Å². The van der Waals surface area contributed by atoms with Crippen LogP contribution in [0.15, 0.2) is 0 Å². The minimum Gasteiger partial charge on any atom is -0.480 e. The third-order valence-electron chi connectivity index (χ3n) is 3.36.